The number of halogens is 3. The van der Waals surface area contributed by atoms with Gasteiger partial charge >= 0.3 is 6.18 Å². The smallest absolute Gasteiger partial charge is 0.394 e. The molecule has 0 aromatic heterocycles. The van der Waals surface area contributed by atoms with E-state index in [1.165, 1.54) is 14.2 Å². The Hall–Kier alpha value is -1.49. The van der Waals surface area contributed by atoms with Gasteiger partial charge in [-0.25, -0.2) is 0 Å². The van der Waals surface area contributed by atoms with Crippen LogP contribution in [-0.4, -0.2) is 65.5 Å². The van der Waals surface area contributed by atoms with Crippen molar-refractivity contribution in [3.63, 3.8) is 0 Å². The molecule has 0 saturated carbocycles. The fourth-order valence-corrected chi connectivity index (χ4v) is 4.60. The average molecular weight is 420 g/mol. The number of amidine groups is 1. The standard InChI is InChI=1S/C18H23F3N2O4S/c1-22-17-23-12-13(24)14(25)15(27-16(12)28-17)11(18(19,20)21)8-5-9-3-6-10(26-2)7-4-9/h3-4,6-7,11-16,24-25H,5,8H2,1-2H3,(H,22,23)/t11-,12+,13+,14-,15?,16+/m0/s1. The Kier molecular flexibility index (Phi) is 6.43. The number of fused-ring (bicyclic) bond motifs is 1. The number of aliphatic hydroxyl groups excluding tert-OH is 2. The summed E-state index contributed by atoms with van der Waals surface area (Å²) in [7, 11) is 3.04. The fraction of sp³-hybridized carbons (Fsp3) is 0.611. The number of benzene rings is 1. The first-order chi connectivity index (χ1) is 13.2. The number of hydrogen-bond donors (Lipinski definition) is 3. The van der Waals surface area contributed by atoms with E-state index in [1.807, 2.05) is 0 Å². The molecule has 0 spiro atoms. The van der Waals surface area contributed by atoms with Crippen molar-refractivity contribution in [1.29, 1.82) is 0 Å². The number of alkyl halides is 3. The van der Waals surface area contributed by atoms with Crippen LogP contribution in [0.15, 0.2) is 29.3 Å². The summed E-state index contributed by atoms with van der Waals surface area (Å²) in [5, 5.41) is 24.0. The molecule has 1 aromatic rings. The van der Waals surface area contributed by atoms with Crippen molar-refractivity contribution in [3.8, 4) is 5.75 Å². The third-order valence-electron chi connectivity index (χ3n) is 5.08. The first kappa shape index (κ1) is 21.2. The van der Waals surface area contributed by atoms with Crippen LogP contribution in [0.1, 0.15) is 12.0 Å². The molecule has 0 bridgehead atoms. The molecule has 2 aliphatic rings. The van der Waals surface area contributed by atoms with Crippen LogP contribution < -0.4 is 10.1 Å². The van der Waals surface area contributed by atoms with Crippen molar-refractivity contribution in [2.24, 2.45) is 10.9 Å². The summed E-state index contributed by atoms with van der Waals surface area (Å²) in [5.74, 6) is -1.29. The van der Waals surface area contributed by atoms with Crippen molar-refractivity contribution in [3.05, 3.63) is 29.8 Å². The van der Waals surface area contributed by atoms with Crippen LogP contribution in [0.25, 0.3) is 0 Å². The predicted molar refractivity (Wildman–Crippen MR) is 99.4 cm³/mol. The van der Waals surface area contributed by atoms with E-state index in [4.69, 9.17) is 9.47 Å². The highest BCUT2D eigenvalue weighted by molar-refractivity contribution is 8.14. The van der Waals surface area contributed by atoms with E-state index in [-0.39, 0.29) is 12.8 Å². The van der Waals surface area contributed by atoms with Gasteiger partial charge in [-0.1, -0.05) is 23.9 Å². The summed E-state index contributed by atoms with van der Waals surface area (Å²) < 4.78 is 52.0. The quantitative estimate of drug-likeness (QED) is 0.676. The number of aliphatic imine (C=N–C) groups is 1. The highest BCUT2D eigenvalue weighted by Crippen LogP contribution is 2.42. The van der Waals surface area contributed by atoms with Gasteiger partial charge in [0.2, 0.25) is 0 Å². The normalized spacial score (nSPS) is 32.7. The van der Waals surface area contributed by atoms with E-state index < -0.39 is 41.9 Å². The number of nitrogens with one attached hydrogen (secondary N) is 1. The summed E-state index contributed by atoms with van der Waals surface area (Å²) in [6, 6.07) is 6.08. The molecule has 6 nitrogen and oxygen atoms in total. The highest BCUT2D eigenvalue weighted by Gasteiger charge is 2.56. The van der Waals surface area contributed by atoms with E-state index in [9.17, 15) is 23.4 Å². The maximum Gasteiger partial charge on any atom is 0.394 e. The van der Waals surface area contributed by atoms with Gasteiger partial charge in [-0.05, 0) is 30.5 Å². The molecule has 2 saturated heterocycles. The highest BCUT2D eigenvalue weighted by atomic mass is 32.2. The van der Waals surface area contributed by atoms with Crippen molar-refractivity contribution in [2.45, 2.75) is 48.8 Å². The van der Waals surface area contributed by atoms with E-state index in [1.54, 1.807) is 24.3 Å². The number of aliphatic hydroxyl groups is 2. The summed E-state index contributed by atoms with van der Waals surface area (Å²) in [4.78, 5) is 3.94. The zero-order chi connectivity index (χ0) is 20.5. The number of nitrogens with zero attached hydrogens (tertiary/aromatic N) is 1. The van der Waals surface area contributed by atoms with Gasteiger partial charge in [0, 0.05) is 7.05 Å². The average Bonchev–Trinajstić information content (AvgIpc) is 3.08. The zero-order valence-corrected chi connectivity index (χ0v) is 16.2. The van der Waals surface area contributed by atoms with Crippen molar-refractivity contribution < 1.29 is 32.9 Å². The minimum atomic E-state index is -4.58. The number of rotatable bonds is 5. The van der Waals surface area contributed by atoms with Crippen LogP contribution >= 0.6 is 11.8 Å². The molecule has 2 aliphatic heterocycles. The summed E-state index contributed by atoms with van der Waals surface area (Å²) in [5.41, 5.74) is -0.0241. The number of thioether (sulfide) groups is 1. The lowest BCUT2D eigenvalue weighted by molar-refractivity contribution is -0.251. The first-order valence-electron chi connectivity index (χ1n) is 8.85. The summed E-state index contributed by atoms with van der Waals surface area (Å²) in [6.07, 6.45) is -9.30. The van der Waals surface area contributed by atoms with Crippen LogP contribution in [-0.2, 0) is 11.2 Å². The van der Waals surface area contributed by atoms with Gasteiger partial charge in [0.25, 0.3) is 0 Å². The molecule has 2 fully saturated rings. The Bertz CT molecular complexity index is 701. The van der Waals surface area contributed by atoms with Gasteiger partial charge in [0.15, 0.2) is 5.17 Å². The van der Waals surface area contributed by atoms with Crippen LogP contribution in [0.2, 0.25) is 0 Å². The summed E-state index contributed by atoms with van der Waals surface area (Å²) in [6.45, 7) is 0. The maximum atomic E-state index is 13.8. The second-order valence-electron chi connectivity index (χ2n) is 6.80. The van der Waals surface area contributed by atoms with Gasteiger partial charge in [-0.15, -0.1) is 0 Å². The second kappa shape index (κ2) is 8.48. The lowest BCUT2D eigenvalue weighted by Gasteiger charge is -2.42. The van der Waals surface area contributed by atoms with Gasteiger partial charge in [0.05, 0.1) is 25.2 Å². The molecule has 6 atom stereocenters. The topological polar surface area (TPSA) is 83.3 Å². The van der Waals surface area contributed by atoms with Crippen molar-refractivity contribution in [1.82, 2.24) is 5.32 Å². The second-order valence-corrected chi connectivity index (χ2v) is 7.89. The Morgan fingerprint density at radius 1 is 1.25 bits per heavy atom. The molecule has 0 radical (unpaired) electrons. The van der Waals surface area contributed by atoms with Gasteiger partial charge in [-0.3, -0.25) is 4.99 Å². The zero-order valence-electron chi connectivity index (χ0n) is 15.4. The molecule has 10 heteroatoms. The van der Waals surface area contributed by atoms with E-state index >= 15 is 0 Å². The SMILES string of the molecule is CN=C1N[C@@H]2[C@@H](O)[C@H](O)C([C@H](CCc3ccc(OC)cc3)C(F)(F)F)O[C@@H]2S1. The van der Waals surface area contributed by atoms with Gasteiger partial charge < -0.3 is 25.0 Å². The molecule has 3 N–H and O–H groups in total. The molecule has 2 heterocycles. The van der Waals surface area contributed by atoms with E-state index in [0.717, 1.165) is 17.3 Å². The van der Waals surface area contributed by atoms with Crippen LogP contribution in [0, 0.1) is 5.92 Å². The molecule has 0 aliphatic carbocycles. The van der Waals surface area contributed by atoms with Crippen LogP contribution in [0.4, 0.5) is 13.2 Å². The lowest BCUT2D eigenvalue weighted by atomic mass is 9.85. The lowest BCUT2D eigenvalue weighted by Crippen LogP contribution is -2.62. The molecule has 3 rings (SSSR count). The maximum absolute atomic E-state index is 13.8. The number of ether oxygens (including phenoxy) is 2. The van der Waals surface area contributed by atoms with E-state index in [2.05, 4.69) is 10.3 Å². The molecular weight excluding hydrogens is 397 g/mol. The van der Waals surface area contributed by atoms with Crippen molar-refractivity contribution >= 4 is 16.9 Å². The number of aryl methyl sites for hydroxylation is 1. The Balaban J connectivity index is 1.75. The van der Waals surface area contributed by atoms with Gasteiger partial charge in [0.1, 0.15) is 23.4 Å². The molecule has 1 unspecified atom stereocenters. The molecule has 28 heavy (non-hydrogen) atoms. The van der Waals surface area contributed by atoms with Crippen LogP contribution in [0.3, 0.4) is 0 Å². The monoisotopic (exact) mass is 420 g/mol. The predicted octanol–water partition coefficient (Wildman–Crippen LogP) is 1.94. The summed E-state index contributed by atoms with van der Waals surface area (Å²) >= 11 is 1.12. The molecular formula is C18H23F3N2O4S. The fourth-order valence-electron chi connectivity index (χ4n) is 3.51. The third-order valence-corrected chi connectivity index (χ3v) is 6.24. The minimum absolute atomic E-state index is 0.151. The van der Waals surface area contributed by atoms with E-state index in [0.29, 0.717) is 10.9 Å². The molecule has 0 amide bonds. The Labute approximate surface area is 165 Å². The largest absolute Gasteiger partial charge is 0.497 e. The number of methoxy groups -OCH3 is 1. The minimum Gasteiger partial charge on any atom is -0.497 e. The Morgan fingerprint density at radius 2 is 1.93 bits per heavy atom. The number of hydrogen-bond acceptors (Lipinski definition) is 6. The van der Waals surface area contributed by atoms with Crippen molar-refractivity contribution in [2.75, 3.05) is 14.2 Å². The van der Waals surface area contributed by atoms with Gasteiger partial charge in [-0.2, -0.15) is 13.2 Å². The Morgan fingerprint density at radius 3 is 2.50 bits per heavy atom. The van der Waals surface area contributed by atoms with Crippen LogP contribution in [0.5, 0.6) is 5.75 Å². The third kappa shape index (κ3) is 4.40. The first-order valence-corrected chi connectivity index (χ1v) is 9.73. The molecule has 1 aromatic carbocycles. The molecule has 156 valence electrons.